The second kappa shape index (κ2) is 2.39. The fourth-order valence-corrected chi connectivity index (χ4v) is 1.18. The average molecular weight is 142 g/mol. The first-order chi connectivity index (χ1) is 5.40. The summed E-state index contributed by atoms with van der Waals surface area (Å²) >= 11 is 0. The molecule has 1 heteroatoms. The van der Waals surface area contributed by atoms with Gasteiger partial charge in [-0.2, -0.15) is 5.26 Å². The van der Waals surface area contributed by atoms with Gasteiger partial charge in [-0.15, -0.1) is 0 Å². The zero-order valence-corrected chi connectivity index (χ0v) is 6.17. The van der Waals surface area contributed by atoms with E-state index in [1.165, 1.54) is 18.4 Å². The molecule has 0 bridgehead atoms. The van der Waals surface area contributed by atoms with Gasteiger partial charge in [0, 0.05) is 0 Å². The van der Waals surface area contributed by atoms with E-state index < -0.39 is 0 Å². The largest absolute Gasteiger partial charge is 0.192 e. The molecule has 1 aliphatic carbocycles. The van der Waals surface area contributed by atoms with E-state index in [0.717, 1.165) is 5.56 Å². The van der Waals surface area contributed by atoms with E-state index in [2.05, 4.69) is 12.1 Å². The van der Waals surface area contributed by atoms with Crippen LogP contribution in [0.4, 0.5) is 0 Å². The Balaban J connectivity index is 2.35. The van der Waals surface area contributed by atoms with Crippen LogP contribution >= 0.6 is 0 Å². The Morgan fingerprint density at radius 1 is 1.55 bits per heavy atom. The van der Waals surface area contributed by atoms with Crippen LogP contribution in [0.1, 0.15) is 29.9 Å². The van der Waals surface area contributed by atoms with Crippen molar-refractivity contribution < 1.29 is 0 Å². The Morgan fingerprint density at radius 2 is 2.36 bits per heavy atom. The van der Waals surface area contributed by atoms with Gasteiger partial charge in [0.15, 0.2) is 0 Å². The highest BCUT2D eigenvalue weighted by molar-refractivity contribution is 5.35. The van der Waals surface area contributed by atoms with Crippen LogP contribution in [0.15, 0.2) is 18.2 Å². The third-order valence-electron chi connectivity index (χ3n) is 1.97. The average Bonchev–Trinajstić information content (AvgIpc) is 2.87. The molecule has 0 amide bonds. The standard InChI is InChI=1S/C10H8N/c11-7-8-2-1-3-10(6-8)9-4-5-9/h1-2,6,9H,4-5H2. The molecule has 2 rings (SSSR count). The third-order valence-corrected chi connectivity index (χ3v) is 1.97. The minimum atomic E-state index is 0.697. The summed E-state index contributed by atoms with van der Waals surface area (Å²) in [7, 11) is 0. The number of hydrogen-bond donors (Lipinski definition) is 0. The summed E-state index contributed by atoms with van der Waals surface area (Å²) < 4.78 is 0. The topological polar surface area (TPSA) is 23.8 Å². The van der Waals surface area contributed by atoms with Gasteiger partial charge in [0.1, 0.15) is 0 Å². The molecule has 1 aliphatic rings. The van der Waals surface area contributed by atoms with Crippen LogP contribution in [0.25, 0.3) is 0 Å². The van der Waals surface area contributed by atoms with Crippen molar-refractivity contribution in [2.24, 2.45) is 0 Å². The van der Waals surface area contributed by atoms with E-state index in [1.54, 1.807) is 6.07 Å². The molecule has 1 saturated carbocycles. The van der Waals surface area contributed by atoms with E-state index in [-0.39, 0.29) is 0 Å². The summed E-state index contributed by atoms with van der Waals surface area (Å²) in [6.07, 6.45) is 2.54. The van der Waals surface area contributed by atoms with Gasteiger partial charge in [0.2, 0.25) is 0 Å². The van der Waals surface area contributed by atoms with Gasteiger partial charge in [-0.05, 0) is 42.5 Å². The zero-order valence-electron chi connectivity index (χ0n) is 6.17. The minimum Gasteiger partial charge on any atom is -0.192 e. The Morgan fingerprint density at radius 3 is 3.00 bits per heavy atom. The third kappa shape index (κ3) is 1.25. The first kappa shape index (κ1) is 6.42. The molecular formula is C10H8N. The Kier molecular flexibility index (Phi) is 1.40. The molecule has 1 aromatic rings. The molecule has 1 fully saturated rings. The molecular weight excluding hydrogens is 134 g/mol. The highest BCUT2D eigenvalue weighted by Gasteiger charge is 2.23. The summed E-state index contributed by atoms with van der Waals surface area (Å²) in [4.78, 5) is 0. The summed E-state index contributed by atoms with van der Waals surface area (Å²) in [5.41, 5.74) is 1.97. The maximum absolute atomic E-state index is 8.60. The normalized spacial score (nSPS) is 15.9. The molecule has 1 nitrogen and oxygen atoms in total. The van der Waals surface area contributed by atoms with Gasteiger partial charge in [-0.3, -0.25) is 0 Å². The Hall–Kier alpha value is -1.29. The molecule has 53 valence electrons. The molecule has 0 N–H and O–H groups in total. The molecule has 0 saturated heterocycles. The number of rotatable bonds is 1. The van der Waals surface area contributed by atoms with Gasteiger partial charge in [-0.1, -0.05) is 6.07 Å². The molecule has 0 aliphatic heterocycles. The van der Waals surface area contributed by atoms with Gasteiger partial charge in [0.05, 0.1) is 11.6 Å². The highest BCUT2D eigenvalue weighted by Crippen LogP contribution is 2.39. The van der Waals surface area contributed by atoms with E-state index in [0.29, 0.717) is 5.92 Å². The Bertz CT molecular complexity index is 305. The van der Waals surface area contributed by atoms with Crippen molar-refractivity contribution in [2.45, 2.75) is 18.8 Å². The first-order valence-corrected chi connectivity index (χ1v) is 3.82. The highest BCUT2D eigenvalue weighted by atomic mass is 14.3. The zero-order chi connectivity index (χ0) is 7.68. The quantitative estimate of drug-likeness (QED) is 0.589. The molecule has 0 unspecified atom stereocenters. The Labute approximate surface area is 66.3 Å². The molecule has 1 radical (unpaired) electrons. The SMILES string of the molecule is N#Cc1cc[c]c(C2CC2)c1. The molecule has 0 atom stereocenters. The number of nitrogens with zero attached hydrogens (tertiary/aromatic N) is 1. The van der Waals surface area contributed by atoms with Crippen LogP contribution in [-0.4, -0.2) is 0 Å². The first-order valence-electron chi connectivity index (χ1n) is 3.82. The monoisotopic (exact) mass is 142 g/mol. The van der Waals surface area contributed by atoms with Crippen LogP contribution in [0.3, 0.4) is 0 Å². The predicted molar refractivity (Wildman–Crippen MR) is 42.0 cm³/mol. The van der Waals surface area contributed by atoms with Crippen LogP contribution in [0.2, 0.25) is 0 Å². The molecule has 0 heterocycles. The van der Waals surface area contributed by atoms with E-state index in [1.807, 2.05) is 12.1 Å². The number of nitriles is 1. The van der Waals surface area contributed by atoms with Gasteiger partial charge in [0.25, 0.3) is 0 Å². The lowest BCUT2D eigenvalue weighted by molar-refractivity contribution is 1.12. The van der Waals surface area contributed by atoms with Crippen LogP contribution < -0.4 is 0 Å². The summed E-state index contributed by atoms with van der Waals surface area (Å²) in [6, 6.07) is 10.9. The van der Waals surface area contributed by atoms with E-state index in [9.17, 15) is 0 Å². The van der Waals surface area contributed by atoms with Crippen LogP contribution in [0.5, 0.6) is 0 Å². The fourth-order valence-electron chi connectivity index (χ4n) is 1.18. The van der Waals surface area contributed by atoms with Gasteiger partial charge < -0.3 is 0 Å². The molecule has 0 spiro atoms. The molecule has 1 aromatic carbocycles. The summed E-state index contributed by atoms with van der Waals surface area (Å²) in [5.74, 6) is 0.697. The molecule has 0 aromatic heterocycles. The van der Waals surface area contributed by atoms with Crippen LogP contribution in [0, 0.1) is 17.4 Å². The fraction of sp³-hybridized carbons (Fsp3) is 0.300. The lowest BCUT2D eigenvalue weighted by atomic mass is 10.1. The van der Waals surface area contributed by atoms with E-state index >= 15 is 0 Å². The smallest absolute Gasteiger partial charge is 0.0991 e. The van der Waals surface area contributed by atoms with Crippen molar-refractivity contribution in [1.82, 2.24) is 0 Å². The van der Waals surface area contributed by atoms with Crippen molar-refractivity contribution in [2.75, 3.05) is 0 Å². The lowest BCUT2D eigenvalue weighted by Gasteiger charge is -1.94. The number of benzene rings is 1. The second-order valence-corrected chi connectivity index (χ2v) is 2.92. The predicted octanol–water partition coefficient (Wildman–Crippen LogP) is 2.24. The second-order valence-electron chi connectivity index (χ2n) is 2.92. The number of hydrogen-bond acceptors (Lipinski definition) is 1. The van der Waals surface area contributed by atoms with Crippen molar-refractivity contribution >= 4 is 0 Å². The summed E-state index contributed by atoms with van der Waals surface area (Å²) in [5, 5.41) is 8.60. The van der Waals surface area contributed by atoms with Crippen molar-refractivity contribution in [3.8, 4) is 6.07 Å². The lowest BCUT2D eigenvalue weighted by Crippen LogP contribution is -1.80. The summed E-state index contributed by atoms with van der Waals surface area (Å²) in [6.45, 7) is 0. The van der Waals surface area contributed by atoms with Crippen molar-refractivity contribution in [1.29, 1.82) is 5.26 Å². The minimum absolute atomic E-state index is 0.697. The molecule has 11 heavy (non-hydrogen) atoms. The maximum atomic E-state index is 8.60. The van der Waals surface area contributed by atoms with Gasteiger partial charge in [-0.25, -0.2) is 0 Å². The van der Waals surface area contributed by atoms with Crippen LogP contribution in [-0.2, 0) is 0 Å². The van der Waals surface area contributed by atoms with Crippen molar-refractivity contribution in [3.05, 3.63) is 35.4 Å². The maximum Gasteiger partial charge on any atom is 0.0991 e. The van der Waals surface area contributed by atoms with Crippen molar-refractivity contribution in [3.63, 3.8) is 0 Å². The van der Waals surface area contributed by atoms with E-state index in [4.69, 9.17) is 5.26 Å². The van der Waals surface area contributed by atoms with Gasteiger partial charge >= 0.3 is 0 Å².